The molecule has 2 heterocycles. The van der Waals surface area contributed by atoms with Crippen LogP contribution in [-0.4, -0.2) is 50.9 Å². The van der Waals surface area contributed by atoms with Gasteiger partial charge in [-0.2, -0.15) is 0 Å². The van der Waals surface area contributed by atoms with E-state index in [1.165, 1.54) is 22.2 Å². The number of rotatable bonds is 9. The minimum Gasteiger partial charge on any atom is -0.496 e. The predicted molar refractivity (Wildman–Crippen MR) is 135 cm³/mol. The Morgan fingerprint density at radius 1 is 0.771 bits per heavy atom. The van der Waals surface area contributed by atoms with Crippen LogP contribution in [0.3, 0.4) is 0 Å². The number of carbonyl (C=O) groups excluding carboxylic acids is 2. The van der Waals surface area contributed by atoms with Gasteiger partial charge in [0, 0.05) is 18.8 Å². The van der Waals surface area contributed by atoms with E-state index in [1.807, 2.05) is 42.5 Å². The van der Waals surface area contributed by atoms with Gasteiger partial charge in [0.15, 0.2) is 11.0 Å². The van der Waals surface area contributed by atoms with Gasteiger partial charge in [0.25, 0.3) is 11.8 Å². The Morgan fingerprint density at radius 3 is 2.09 bits per heavy atom. The quantitative estimate of drug-likeness (QED) is 0.256. The molecule has 0 saturated heterocycles. The van der Waals surface area contributed by atoms with Gasteiger partial charge in [-0.1, -0.05) is 66.4 Å². The first-order valence-electron chi connectivity index (χ1n) is 11.4. The number of carbonyl (C=O) groups is 2. The van der Waals surface area contributed by atoms with E-state index in [2.05, 4.69) is 26.9 Å². The van der Waals surface area contributed by atoms with Gasteiger partial charge in [-0.3, -0.25) is 14.5 Å². The molecule has 0 atom stereocenters. The lowest BCUT2D eigenvalue weighted by molar-refractivity contribution is 0.0664. The van der Waals surface area contributed by atoms with Crippen LogP contribution in [0.5, 0.6) is 5.75 Å². The lowest BCUT2D eigenvalue weighted by Gasteiger charge is -2.14. The highest BCUT2D eigenvalue weighted by molar-refractivity contribution is 7.99. The van der Waals surface area contributed by atoms with Crippen molar-refractivity contribution in [2.75, 3.05) is 19.4 Å². The fraction of sp³-hybridized carbons (Fsp3) is 0.185. The average molecular weight is 485 g/mol. The largest absolute Gasteiger partial charge is 0.496 e. The number of ether oxygens (including phenoxy) is 1. The third kappa shape index (κ3) is 4.57. The van der Waals surface area contributed by atoms with E-state index >= 15 is 0 Å². The topological polar surface area (TPSA) is 77.3 Å². The SMILES string of the molecule is COc1ccccc1-c1nnc(SCCN2C(=O)c3ccccc3C2=O)n1CCc1ccccc1. The molecule has 5 rings (SSSR count). The molecule has 1 aliphatic heterocycles. The molecule has 0 aliphatic carbocycles. The highest BCUT2D eigenvalue weighted by Gasteiger charge is 2.34. The number of hydrogen-bond acceptors (Lipinski definition) is 6. The molecule has 0 bridgehead atoms. The van der Waals surface area contributed by atoms with Gasteiger partial charge in [-0.05, 0) is 36.2 Å². The predicted octanol–water partition coefficient (Wildman–Crippen LogP) is 4.58. The summed E-state index contributed by atoms with van der Waals surface area (Å²) in [5.41, 5.74) is 3.01. The molecule has 35 heavy (non-hydrogen) atoms. The van der Waals surface area contributed by atoms with Crippen LogP contribution in [0.4, 0.5) is 0 Å². The van der Waals surface area contributed by atoms with E-state index in [4.69, 9.17) is 4.74 Å². The first kappa shape index (κ1) is 22.9. The van der Waals surface area contributed by atoms with Crippen LogP contribution >= 0.6 is 11.8 Å². The number of amides is 2. The molecular weight excluding hydrogens is 460 g/mol. The molecule has 7 nitrogen and oxygen atoms in total. The molecule has 0 spiro atoms. The van der Waals surface area contributed by atoms with Crippen molar-refractivity contribution in [3.05, 3.63) is 95.6 Å². The molecular formula is C27H24N4O3S. The van der Waals surface area contributed by atoms with Crippen LogP contribution in [0.15, 0.2) is 84.0 Å². The number of nitrogens with zero attached hydrogens (tertiary/aromatic N) is 4. The van der Waals surface area contributed by atoms with Crippen molar-refractivity contribution in [1.29, 1.82) is 0 Å². The van der Waals surface area contributed by atoms with Gasteiger partial charge in [-0.15, -0.1) is 10.2 Å². The lowest BCUT2D eigenvalue weighted by atomic mass is 10.1. The van der Waals surface area contributed by atoms with E-state index in [1.54, 1.807) is 31.4 Å². The van der Waals surface area contributed by atoms with E-state index in [0.717, 1.165) is 28.7 Å². The van der Waals surface area contributed by atoms with Crippen molar-refractivity contribution in [3.63, 3.8) is 0 Å². The van der Waals surface area contributed by atoms with Gasteiger partial charge in [-0.25, -0.2) is 0 Å². The Kier molecular flexibility index (Phi) is 6.63. The monoisotopic (exact) mass is 484 g/mol. The van der Waals surface area contributed by atoms with Crippen LogP contribution < -0.4 is 4.74 Å². The fourth-order valence-electron chi connectivity index (χ4n) is 4.18. The smallest absolute Gasteiger partial charge is 0.261 e. The highest BCUT2D eigenvalue weighted by atomic mass is 32.2. The van der Waals surface area contributed by atoms with Crippen molar-refractivity contribution in [2.24, 2.45) is 0 Å². The Balaban J connectivity index is 1.36. The summed E-state index contributed by atoms with van der Waals surface area (Å²) in [5, 5.41) is 9.67. The average Bonchev–Trinajstić information content (AvgIpc) is 3.42. The molecule has 8 heteroatoms. The molecule has 1 aliphatic rings. The number of aryl methyl sites for hydroxylation is 1. The molecule has 4 aromatic rings. The van der Waals surface area contributed by atoms with Crippen molar-refractivity contribution in [3.8, 4) is 17.1 Å². The number of aromatic nitrogens is 3. The van der Waals surface area contributed by atoms with Gasteiger partial charge >= 0.3 is 0 Å². The Morgan fingerprint density at radius 2 is 1.40 bits per heavy atom. The second-order valence-electron chi connectivity index (χ2n) is 8.05. The zero-order valence-electron chi connectivity index (χ0n) is 19.3. The number of methoxy groups -OCH3 is 1. The Hall–Kier alpha value is -3.91. The van der Waals surface area contributed by atoms with Crippen molar-refractivity contribution < 1.29 is 14.3 Å². The zero-order valence-corrected chi connectivity index (χ0v) is 20.1. The van der Waals surface area contributed by atoms with Gasteiger partial charge in [0.2, 0.25) is 0 Å². The summed E-state index contributed by atoms with van der Waals surface area (Å²) in [6.45, 7) is 0.978. The van der Waals surface area contributed by atoms with E-state index in [-0.39, 0.29) is 11.8 Å². The summed E-state index contributed by atoms with van der Waals surface area (Å²) in [6.07, 6.45) is 0.812. The second-order valence-corrected chi connectivity index (χ2v) is 9.11. The maximum absolute atomic E-state index is 12.7. The molecule has 176 valence electrons. The first-order chi connectivity index (χ1) is 17.2. The summed E-state index contributed by atoms with van der Waals surface area (Å²) in [5.74, 6) is 1.48. The third-order valence-electron chi connectivity index (χ3n) is 5.96. The normalized spacial score (nSPS) is 12.8. The van der Waals surface area contributed by atoms with Crippen molar-refractivity contribution in [2.45, 2.75) is 18.1 Å². The lowest BCUT2D eigenvalue weighted by Crippen LogP contribution is -2.31. The van der Waals surface area contributed by atoms with Crippen LogP contribution in [-0.2, 0) is 13.0 Å². The molecule has 0 radical (unpaired) electrons. The fourth-order valence-corrected chi connectivity index (χ4v) is 5.07. The summed E-state index contributed by atoms with van der Waals surface area (Å²) in [7, 11) is 1.64. The first-order valence-corrected chi connectivity index (χ1v) is 12.3. The molecule has 0 unspecified atom stereocenters. The minimum atomic E-state index is -0.244. The molecule has 1 aromatic heterocycles. The van der Waals surface area contributed by atoms with Crippen LogP contribution in [0.25, 0.3) is 11.4 Å². The number of fused-ring (bicyclic) bond motifs is 1. The number of imide groups is 1. The van der Waals surface area contributed by atoms with Crippen LogP contribution in [0, 0.1) is 0 Å². The van der Waals surface area contributed by atoms with Crippen LogP contribution in [0.1, 0.15) is 26.3 Å². The summed E-state index contributed by atoms with van der Waals surface area (Å²) in [4.78, 5) is 26.7. The number of benzene rings is 3. The van der Waals surface area contributed by atoms with E-state index < -0.39 is 0 Å². The minimum absolute atomic E-state index is 0.244. The number of para-hydroxylation sites is 1. The number of hydrogen-bond donors (Lipinski definition) is 0. The maximum Gasteiger partial charge on any atom is 0.261 e. The Bertz CT molecular complexity index is 1330. The van der Waals surface area contributed by atoms with Gasteiger partial charge < -0.3 is 9.30 Å². The molecule has 0 N–H and O–H groups in total. The number of thioether (sulfide) groups is 1. The zero-order chi connectivity index (χ0) is 24.2. The van der Waals surface area contributed by atoms with E-state index in [9.17, 15) is 9.59 Å². The summed E-state index contributed by atoms with van der Waals surface area (Å²) in [6, 6.07) is 24.9. The molecule has 0 saturated carbocycles. The standard InChI is InChI=1S/C27H24N4O3S/c1-34-23-14-8-7-13-22(23)24-28-29-27(30(24)16-15-19-9-3-2-4-10-19)35-18-17-31-25(32)20-11-5-6-12-21(20)26(31)33/h2-14H,15-18H2,1H3. The van der Waals surface area contributed by atoms with Crippen molar-refractivity contribution >= 4 is 23.6 Å². The Labute approximate surface area is 207 Å². The van der Waals surface area contributed by atoms with Gasteiger partial charge in [0.1, 0.15) is 5.75 Å². The van der Waals surface area contributed by atoms with Gasteiger partial charge in [0.05, 0.1) is 23.8 Å². The summed E-state index contributed by atoms with van der Waals surface area (Å²) >= 11 is 1.48. The van der Waals surface area contributed by atoms with Crippen molar-refractivity contribution in [1.82, 2.24) is 19.7 Å². The second kappa shape index (κ2) is 10.1. The molecule has 2 amide bonds. The maximum atomic E-state index is 12.7. The summed E-state index contributed by atoms with van der Waals surface area (Å²) < 4.78 is 7.64. The molecule has 3 aromatic carbocycles. The van der Waals surface area contributed by atoms with Crippen LogP contribution in [0.2, 0.25) is 0 Å². The third-order valence-corrected chi connectivity index (χ3v) is 6.90. The molecule has 0 fully saturated rings. The highest BCUT2D eigenvalue weighted by Crippen LogP contribution is 2.31. The van der Waals surface area contributed by atoms with E-state index in [0.29, 0.717) is 30.0 Å².